The van der Waals surface area contributed by atoms with Gasteiger partial charge in [0.1, 0.15) is 0 Å². The molecule has 1 aliphatic carbocycles. The zero-order chi connectivity index (χ0) is 16.4. The molecule has 22 heavy (non-hydrogen) atoms. The Balaban J connectivity index is 2.10. The molecule has 0 heterocycles. The minimum atomic E-state index is -0.907. The van der Waals surface area contributed by atoms with Gasteiger partial charge in [-0.3, -0.25) is 20.2 Å². The molecule has 0 fully saturated rings. The molecule has 0 radical (unpaired) electrons. The molecule has 1 aliphatic rings. The maximum Gasteiger partial charge on any atom is 0.244 e. The SMILES string of the molecule is CC(CCCCCCCCC1([N+](=O)[O-])C=CC=CC1)[N+](=O)[O-]. The molecule has 6 nitrogen and oxygen atoms in total. The zero-order valence-corrected chi connectivity index (χ0v) is 13.3. The number of hydrogen-bond acceptors (Lipinski definition) is 4. The molecule has 0 aromatic heterocycles. The van der Waals surface area contributed by atoms with Gasteiger partial charge in [0.25, 0.3) is 0 Å². The first-order chi connectivity index (χ1) is 10.5. The molecule has 0 amide bonds. The van der Waals surface area contributed by atoms with Gasteiger partial charge in [-0.1, -0.05) is 43.9 Å². The van der Waals surface area contributed by atoms with Crippen molar-refractivity contribution in [1.29, 1.82) is 0 Å². The fraction of sp³-hybridized carbons (Fsp3) is 0.750. The summed E-state index contributed by atoms with van der Waals surface area (Å²) in [5.41, 5.74) is -0.907. The summed E-state index contributed by atoms with van der Waals surface area (Å²) < 4.78 is 0. The fourth-order valence-electron chi connectivity index (χ4n) is 2.75. The van der Waals surface area contributed by atoms with Crippen molar-refractivity contribution >= 4 is 0 Å². The molecule has 1 rings (SSSR count). The second-order valence-electron chi connectivity index (χ2n) is 6.15. The molecule has 0 aromatic carbocycles. The van der Waals surface area contributed by atoms with E-state index in [4.69, 9.17) is 0 Å². The van der Waals surface area contributed by atoms with Crippen LogP contribution in [0.3, 0.4) is 0 Å². The van der Waals surface area contributed by atoms with Gasteiger partial charge < -0.3 is 0 Å². The molecule has 0 N–H and O–H groups in total. The van der Waals surface area contributed by atoms with Gasteiger partial charge in [0.2, 0.25) is 11.6 Å². The highest BCUT2D eigenvalue weighted by Gasteiger charge is 2.38. The number of unbranched alkanes of at least 4 members (excludes halogenated alkanes) is 5. The molecule has 124 valence electrons. The van der Waals surface area contributed by atoms with Crippen LogP contribution in [0.25, 0.3) is 0 Å². The van der Waals surface area contributed by atoms with Gasteiger partial charge in [0.05, 0.1) is 0 Å². The predicted molar refractivity (Wildman–Crippen MR) is 86.0 cm³/mol. The van der Waals surface area contributed by atoms with Crippen molar-refractivity contribution in [2.45, 2.75) is 76.3 Å². The third-order valence-corrected chi connectivity index (χ3v) is 4.33. The normalized spacial score (nSPS) is 21.7. The zero-order valence-electron chi connectivity index (χ0n) is 13.3. The molecule has 2 atom stereocenters. The summed E-state index contributed by atoms with van der Waals surface area (Å²) >= 11 is 0. The first kappa shape index (κ1) is 18.3. The van der Waals surface area contributed by atoms with Gasteiger partial charge in [0, 0.05) is 36.0 Å². The quantitative estimate of drug-likeness (QED) is 0.323. The Bertz CT molecular complexity index is 434. The summed E-state index contributed by atoms with van der Waals surface area (Å²) in [6.45, 7) is 1.64. The second kappa shape index (κ2) is 9.33. The van der Waals surface area contributed by atoms with E-state index >= 15 is 0 Å². The number of hydrogen-bond donors (Lipinski definition) is 0. The summed E-state index contributed by atoms with van der Waals surface area (Å²) in [4.78, 5) is 21.4. The highest BCUT2D eigenvalue weighted by atomic mass is 16.6. The van der Waals surface area contributed by atoms with Crippen LogP contribution in [0.5, 0.6) is 0 Å². The van der Waals surface area contributed by atoms with E-state index in [9.17, 15) is 20.2 Å². The Morgan fingerprint density at radius 3 is 2.23 bits per heavy atom. The third-order valence-electron chi connectivity index (χ3n) is 4.33. The topological polar surface area (TPSA) is 86.3 Å². The molecule has 2 unspecified atom stereocenters. The molecule has 0 spiro atoms. The monoisotopic (exact) mass is 310 g/mol. The summed E-state index contributed by atoms with van der Waals surface area (Å²) in [6, 6.07) is -0.453. The maximum absolute atomic E-state index is 11.3. The van der Waals surface area contributed by atoms with E-state index in [0.29, 0.717) is 19.3 Å². The van der Waals surface area contributed by atoms with E-state index in [1.54, 1.807) is 19.1 Å². The van der Waals surface area contributed by atoms with Crippen LogP contribution in [0, 0.1) is 20.2 Å². The highest BCUT2D eigenvalue weighted by Crippen LogP contribution is 2.28. The Labute approximate surface area is 131 Å². The van der Waals surface area contributed by atoms with Gasteiger partial charge in [-0.05, 0) is 18.9 Å². The van der Waals surface area contributed by atoms with Crippen molar-refractivity contribution in [3.8, 4) is 0 Å². The van der Waals surface area contributed by atoms with E-state index in [1.165, 1.54) is 0 Å². The van der Waals surface area contributed by atoms with Gasteiger partial charge in [0.15, 0.2) is 0 Å². The minimum Gasteiger partial charge on any atom is -0.264 e. The van der Waals surface area contributed by atoms with E-state index in [-0.39, 0.29) is 9.85 Å². The average molecular weight is 310 g/mol. The van der Waals surface area contributed by atoms with Gasteiger partial charge in [-0.25, -0.2) is 0 Å². The lowest BCUT2D eigenvalue weighted by Crippen LogP contribution is -2.36. The summed E-state index contributed by atoms with van der Waals surface area (Å²) in [7, 11) is 0. The van der Waals surface area contributed by atoms with E-state index in [2.05, 4.69) is 0 Å². The molecule has 6 heteroatoms. The van der Waals surface area contributed by atoms with Crippen LogP contribution in [-0.2, 0) is 0 Å². The number of nitro groups is 2. The number of rotatable bonds is 11. The highest BCUT2D eigenvalue weighted by molar-refractivity contribution is 5.17. The van der Waals surface area contributed by atoms with Crippen LogP contribution in [0.1, 0.15) is 64.7 Å². The van der Waals surface area contributed by atoms with Crippen LogP contribution < -0.4 is 0 Å². The largest absolute Gasteiger partial charge is 0.264 e. The van der Waals surface area contributed by atoms with Crippen LogP contribution in [-0.4, -0.2) is 21.4 Å². The molecular formula is C16H26N2O4. The lowest BCUT2D eigenvalue weighted by molar-refractivity contribution is -0.555. The fourth-order valence-corrected chi connectivity index (χ4v) is 2.75. The van der Waals surface area contributed by atoms with Crippen molar-refractivity contribution in [3.05, 3.63) is 44.5 Å². The number of nitrogens with zero attached hydrogens (tertiary/aromatic N) is 2. The smallest absolute Gasteiger partial charge is 0.244 e. The molecule has 0 aliphatic heterocycles. The maximum atomic E-state index is 11.3. The summed E-state index contributed by atoms with van der Waals surface area (Å²) in [5, 5.41) is 21.7. The number of allylic oxidation sites excluding steroid dienone is 2. The standard InChI is InChI=1S/C16H26N2O4/c1-15(17(19)20)11-7-4-2-3-5-8-12-16(18(21)22)13-9-6-10-14-16/h6,9-10,13,15H,2-5,7-8,11-12,14H2,1H3. The van der Waals surface area contributed by atoms with Crippen molar-refractivity contribution in [2.75, 3.05) is 0 Å². The van der Waals surface area contributed by atoms with Crippen LogP contribution in [0.4, 0.5) is 0 Å². The molecule has 0 saturated carbocycles. The average Bonchev–Trinajstić information content (AvgIpc) is 2.50. The molecular weight excluding hydrogens is 284 g/mol. The molecule has 0 aromatic rings. The lowest BCUT2D eigenvalue weighted by atomic mass is 9.86. The summed E-state index contributed by atoms with van der Waals surface area (Å²) in [6.07, 6.45) is 14.7. The van der Waals surface area contributed by atoms with Crippen molar-refractivity contribution in [3.63, 3.8) is 0 Å². The van der Waals surface area contributed by atoms with Crippen LogP contribution in [0.2, 0.25) is 0 Å². The second-order valence-corrected chi connectivity index (χ2v) is 6.15. The first-order valence-corrected chi connectivity index (χ1v) is 8.10. The Morgan fingerprint density at radius 2 is 1.68 bits per heavy atom. The van der Waals surface area contributed by atoms with Gasteiger partial charge in [-0.2, -0.15) is 0 Å². The Kier molecular flexibility index (Phi) is 7.77. The lowest BCUT2D eigenvalue weighted by Gasteiger charge is -2.22. The van der Waals surface area contributed by atoms with Crippen molar-refractivity contribution in [1.82, 2.24) is 0 Å². The van der Waals surface area contributed by atoms with Crippen molar-refractivity contribution in [2.24, 2.45) is 0 Å². The van der Waals surface area contributed by atoms with Gasteiger partial charge >= 0.3 is 0 Å². The molecule has 0 saturated heterocycles. The Hall–Kier alpha value is -1.72. The first-order valence-electron chi connectivity index (χ1n) is 8.10. The molecule has 0 bridgehead atoms. The van der Waals surface area contributed by atoms with Gasteiger partial charge in [-0.15, -0.1) is 0 Å². The van der Waals surface area contributed by atoms with Crippen molar-refractivity contribution < 1.29 is 9.85 Å². The summed E-state index contributed by atoms with van der Waals surface area (Å²) in [5.74, 6) is 0. The predicted octanol–water partition coefficient (Wildman–Crippen LogP) is 4.30. The minimum absolute atomic E-state index is 0.161. The third kappa shape index (κ3) is 5.95. The van der Waals surface area contributed by atoms with E-state index in [0.717, 1.165) is 38.5 Å². The van der Waals surface area contributed by atoms with E-state index in [1.807, 2.05) is 12.2 Å². The van der Waals surface area contributed by atoms with E-state index < -0.39 is 11.6 Å². The van der Waals surface area contributed by atoms with Crippen LogP contribution >= 0.6 is 0 Å². The Morgan fingerprint density at radius 1 is 1.05 bits per heavy atom. The van der Waals surface area contributed by atoms with Crippen LogP contribution in [0.15, 0.2) is 24.3 Å².